The fourth-order valence-corrected chi connectivity index (χ4v) is 3.23. The molecule has 2 N–H and O–H groups in total. The highest BCUT2D eigenvalue weighted by molar-refractivity contribution is 4.89. The standard InChI is InChI=1S/C15H31NO/c1-5-12(10-11-17)16-14-9-7-6-8-13(14)15(2,3)4/h12-14,16-17H,5-11H2,1-4H3. The first kappa shape index (κ1) is 15.0. The van der Waals surface area contributed by atoms with Crippen LogP contribution < -0.4 is 5.32 Å². The molecule has 1 aliphatic carbocycles. The summed E-state index contributed by atoms with van der Waals surface area (Å²) < 4.78 is 0. The maximum absolute atomic E-state index is 9.08. The van der Waals surface area contributed by atoms with Crippen LogP contribution in [0.15, 0.2) is 0 Å². The lowest BCUT2D eigenvalue weighted by molar-refractivity contribution is 0.118. The second-order valence-corrected chi connectivity index (χ2v) is 6.65. The quantitative estimate of drug-likeness (QED) is 0.773. The van der Waals surface area contributed by atoms with E-state index in [0.29, 0.717) is 24.1 Å². The molecular formula is C15H31NO. The summed E-state index contributed by atoms with van der Waals surface area (Å²) in [7, 11) is 0. The van der Waals surface area contributed by atoms with Gasteiger partial charge in [0.05, 0.1) is 0 Å². The van der Waals surface area contributed by atoms with Gasteiger partial charge in [-0.05, 0) is 37.0 Å². The molecular weight excluding hydrogens is 210 g/mol. The summed E-state index contributed by atoms with van der Waals surface area (Å²) in [5.41, 5.74) is 0.398. The van der Waals surface area contributed by atoms with Gasteiger partial charge in [-0.2, -0.15) is 0 Å². The summed E-state index contributed by atoms with van der Waals surface area (Å²) >= 11 is 0. The van der Waals surface area contributed by atoms with E-state index in [4.69, 9.17) is 5.11 Å². The zero-order chi connectivity index (χ0) is 12.9. The predicted octanol–water partition coefficient (Wildman–Crippen LogP) is 3.34. The average molecular weight is 241 g/mol. The van der Waals surface area contributed by atoms with E-state index in [1.165, 1.54) is 25.7 Å². The second-order valence-electron chi connectivity index (χ2n) is 6.65. The van der Waals surface area contributed by atoms with Crippen molar-refractivity contribution in [2.75, 3.05) is 6.61 Å². The lowest BCUT2D eigenvalue weighted by Gasteiger charge is -2.42. The molecule has 102 valence electrons. The maximum Gasteiger partial charge on any atom is 0.0445 e. The van der Waals surface area contributed by atoms with E-state index in [1.54, 1.807) is 0 Å². The van der Waals surface area contributed by atoms with Gasteiger partial charge in [-0.1, -0.05) is 40.5 Å². The minimum atomic E-state index is 0.304. The lowest BCUT2D eigenvalue weighted by atomic mass is 9.69. The van der Waals surface area contributed by atoms with Gasteiger partial charge in [0.15, 0.2) is 0 Å². The van der Waals surface area contributed by atoms with Gasteiger partial charge in [-0.15, -0.1) is 0 Å². The van der Waals surface area contributed by atoms with E-state index < -0.39 is 0 Å². The monoisotopic (exact) mass is 241 g/mol. The minimum Gasteiger partial charge on any atom is -0.396 e. The van der Waals surface area contributed by atoms with E-state index in [-0.39, 0.29) is 0 Å². The zero-order valence-electron chi connectivity index (χ0n) is 12.1. The molecule has 1 saturated carbocycles. The third-order valence-electron chi connectivity index (χ3n) is 4.30. The van der Waals surface area contributed by atoms with Crippen LogP contribution in [0.2, 0.25) is 0 Å². The fraction of sp³-hybridized carbons (Fsp3) is 1.00. The Labute approximate surface area is 107 Å². The first-order chi connectivity index (χ1) is 7.99. The summed E-state index contributed by atoms with van der Waals surface area (Å²) in [6.45, 7) is 9.61. The molecule has 1 aliphatic rings. The normalized spacial score (nSPS) is 28.1. The van der Waals surface area contributed by atoms with E-state index >= 15 is 0 Å². The molecule has 0 aliphatic heterocycles. The van der Waals surface area contributed by atoms with Crippen LogP contribution in [0.5, 0.6) is 0 Å². The maximum atomic E-state index is 9.08. The van der Waals surface area contributed by atoms with E-state index in [9.17, 15) is 0 Å². The van der Waals surface area contributed by atoms with Crippen molar-refractivity contribution in [3.05, 3.63) is 0 Å². The van der Waals surface area contributed by atoms with Crippen molar-refractivity contribution in [3.8, 4) is 0 Å². The van der Waals surface area contributed by atoms with Crippen molar-refractivity contribution in [1.29, 1.82) is 0 Å². The van der Waals surface area contributed by atoms with Crippen molar-refractivity contribution in [3.63, 3.8) is 0 Å². The number of hydrogen-bond donors (Lipinski definition) is 2. The number of hydrogen-bond acceptors (Lipinski definition) is 2. The Morgan fingerprint density at radius 3 is 2.41 bits per heavy atom. The molecule has 0 aromatic carbocycles. The number of aliphatic hydroxyl groups is 1. The third-order valence-corrected chi connectivity index (χ3v) is 4.30. The summed E-state index contributed by atoms with van der Waals surface area (Å²) in [5.74, 6) is 0.781. The second kappa shape index (κ2) is 6.75. The molecule has 0 saturated heterocycles. The molecule has 1 fully saturated rings. The predicted molar refractivity (Wildman–Crippen MR) is 74.1 cm³/mol. The Kier molecular flexibility index (Phi) is 5.94. The van der Waals surface area contributed by atoms with Gasteiger partial charge in [0, 0.05) is 18.7 Å². The average Bonchev–Trinajstić information content (AvgIpc) is 2.27. The molecule has 1 rings (SSSR count). The molecule has 0 heterocycles. The molecule has 3 atom stereocenters. The van der Waals surface area contributed by atoms with Crippen LogP contribution in [-0.4, -0.2) is 23.8 Å². The molecule has 3 unspecified atom stereocenters. The SMILES string of the molecule is CCC(CCO)NC1CCCCC1C(C)(C)C. The van der Waals surface area contributed by atoms with Gasteiger partial charge >= 0.3 is 0 Å². The highest BCUT2D eigenvalue weighted by Crippen LogP contribution is 2.38. The lowest BCUT2D eigenvalue weighted by Crippen LogP contribution is -2.48. The van der Waals surface area contributed by atoms with Crippen molar-refractivity contribution in [1.82, 2.24) is 5.32 Å². The Hall–Kier alpha value is -0.0800. The molecule has 0 aromatic rings. The Morgan fingerprint density at radius 2 is 1.88 bits per heavy atom. The molecule has 2 nitrogen and oxygen atoms in total. The molecule has 0 radical (unpaired) electrons. The van der Waals surface area contributed by atoms with E-state index in [0.717, 1.165) is 18.8 Å². The molecule has 17 heavy (non-hydrogen) atoms. The van der Waals surface area contributed by atoms with Gasteiger partial charge in [0.2, 0.25) is 0 Å². The van der Waals surface area contributed by atoms with Crippen molar-refractivity contribution in [2.45, 2.75) is 78.3 Å². The highest BCUT2D eigenvalue weighted by Gasteiger charge is 2.34. The smallest absolute Gasteiger partial charge is 0.0445 e. The van der Waals surface area contributed by atoms with Crippen LogP contribution in [0.1, 0.15) is 66.2 Å². The Bertz CT molecular complexity index is 209. The van der Waals surface area contributed by atoms with Gasteiger partial charge in [0.25, 0.3) is 0 Å². The summed E-state index contributed by atoms with van der Waals surface area (Å²) in [4.78, 5) is 0. The largest absolute Gasteiger partial charge is 0.396 e. The van der Waals surface area contributed by atoms with Crippen LogP contribution in [0.25, 0.3) is 0 Å². The Balaban J connectivity index is 2.58. The summed E-state index contributed by atoms with van der Waals surface area (Å²) in [6.07, 6.45) is 7.43. The van der Waals surface area contributed by atoms with Crippen molar-refractivity contribution in [2.24, 2.45) is 11.3 Å². The Morgan fingerprint density at radius 1 is 1.24 bits per heavy atom. The molecule has 0 aromatic heterocycles. The topological polar surface area (TPSA) is 32.3 Å². The van der Waals surface area contributed by atoms with Gasteiger partial charge in [0.1, 0.15) is 0 Å². The molecule has 0 spiro atoms. The number of nitrogens with one attached hydrogen (secondary N) is 1. The van der Waals surface area contributed by atoms with Gasteiger partial charge < -0.3 is 10.4 Å². The van der Waals surface area contributed by atoms with Crippen LogP contribution >= 0.6 is 0 Å². The zero-order valence-corrected chi connectivity index (χ0v) is 12.1. The van der Waals surface area contributed by atoms with Crippen LogP contribution in [0.3, 0.4) is 0 Å². The van der Waals surface area contributed by atoms with E-state index in [2.05, 4.69) is 33.0 Å². The fourth-order valence-electron chi connectivity index (χ4n) is 3.23. The van der Waals surface area contributed by atoms with Crippen LogP contribution in [-0.2, 0) is 0 Å². The minimum absolute atomic E-state index is 0.304. The van der Waals surface area contributed by atoms with Gasteiger partial charge in [-0.25, -0.2) is 0 Å². The highest BCUT2D eigenvalue weighted by atomic mass is 16.3. The molecule has 0 bridgehead atoms. The first-order valence-electron chi connectivity index (χ1n) is 7.36. The van der Waals surface area contributed by atoms with Crippen LogP contribution in [0, 0.1) is 11.3 Å². The summed E-state index contributed by atoms with van der Waals surface area (Å²) in [5, 5.41) is 12.9. The van der Waals surface area contributed by atoms with Crippen molar-refractivity contribution >= 4 is 0 Å². The third kappa shape index (κ3) is 4.59. The van der Waals surface area contributed by atoms with Crippen LogP contribution in [0.4, 0.5) is 0 Å². The van der Waals surface area contributed by atoms with E-state index in [1.807, 2.05) is 0 Å². The number of rotatable bonds is 5. The van der Waals surface area contributed by atoms with Gasteiger partial charge in [-0.3, -0.25) is 0 Å². The number of aliphatic hydroxyl groups excluding tert-OH is 1. The molecule has 2 heteroatoms. The molecule has 0 amide bonds. The first-order valence-corrected chi connectivity index (χ1v) is 7.36. The van der Waals surface area contributed by atoms with Crippen molar-refractivity contribution < 1.29 is 5.11 Å². The summed E-state index contributed by atoms with van der Waals surface area (Å²) in [6, 6.07) is 1.15.